The number of esters is 1. The van der Waals surface area contributed by atoms with Gasteiger partial charge in [0.2, 0.25) is 0 Å². The average molecular weight is 343 g/mol. The zero-order valence-corrected chi connectivity index (χ0v) is 13.5. The topological polar surface area (TPSA) is 68.3 Å². The summed E-state index contributed by atoms with van der Waals surface area (Å²) in [7, 11) is 0. The number of carbonyl (C=O) groups excluding carboxylic acids is 2. The normalized spacial score (nSPS) is 18.6. The van der Waals surface area contributed by atoms with E-state index in [4.69, 9.17) is 27.9 Å². The minimum atomic E-state index is -0.924. The predicted molar refractivity (Wildman–Crippen MR) is 84.9 cm³/mol. The maximum Gasteiger partial charge on any atom is 0.310 e. The summed E-state index contributed by atoms with van der Waals surface area (Å²) in [5.41, 5.74) is 0. The summed E-state index contributed by atoms with van der Waals surface area (Å²) >= 11 is 11.7. The lowest BCUT2D eigenvalue weighted by Gasteiger charge is -2.19. The summed E-state index contributed by atoms with van der Waals surface area (Å²) < 4.78 is 5.21. The van der Waals surface area contributed by atoms with Crippen LogP contribution in [0.3, 0.4) is 0 Å². The van der Waals surface area contributed by atoms with E-state index < -0.39 is 12.0 Å². The van der Waals surface area contributed by atoms with Crippen LogP contribution in [0.2, 0.25) is 10.0 Å². The van der Waals surface area contributed by atoms with Gasteiger partial charge in [-0.05, 0) is 32.3 Å². The van der Waals surface area contributed by atoms with Crippen molar-refractivity contribution < 1.29 is 14.3 Å². The summed E-state index contributed by atoms with van der Waals surface area (Å²) in [4.78, 5) is 27.9. The number of amides is 1. The molecule has 1 aliphatic carbocycles. The maximum atomic E-state index is 12.0. The quantitative estimate of drug-likeness (QED) is 0.670. The smallest absolute Gasteiger partial charge is 0.310 e. The molecule has 1 heterocycles. The van der Waals surface area contributed by atoms with E-state index in [0.29, 0.717) is 11.4 Å². The molecule has 7 heteroatoms. The molecule has 0 spiro atoms. The Bertz CT molecular complexity index is 604. The lowest BCUT2D eigenvalue weighted by molar-refractivity contribution is -0.157. The first-order valence-corrected chi connectivity index (χ1v) is 7.70. The Morgan fingerprint density at radius 1 is 1.41 bits per heavy atom. The summed E-state index contributed by atoms with van der Waals surface area (Å²) in [6.45, 7) is 1.51. The molecule has 1 aliphatic rings. The number of nitrogens with zero attached hydrogens (tertiary/aromatic N) is 1. The number of rotatable bonds is 4. The molecular formula is C15H16Cl2N2O3. The van der Waals surface area contributed by atoms with E-state index in [1.807, 2.05) is 12.2 Å². The second-order valence-corrected chi connectivity index (χ2v) is 5.88. The molecule has 1 N–H and O–H groups in total. The number of allylic oxidation sites excluding steroid dienone is 2. The number of carbonyl (C=O) groups is 2. The van der Waals surface area contributed by atoms with Crippen LogP contribution in [0.4, 0.5) is 5.82 Å². The Balaban J connectivity index is 1.91. The van der Waals surface area contributed by atoms with Crippen molar-refractivity contribution in [3.63, 3.8) is 0 Å². The van der Waals surface area contributed by atoms with Gasteiger partial charge in [-0.25, -0.2) is 4.98 Å². The van der Waals surface area contributed by atoms with E-state index in [0.717, 1.165) is 12.8 Å². The van der Waals surface area contributed by atoms with Gasteiger partial charge in [0.15, 0.2) is 11.9 Å². The third-order valence-electron chi connectivity index (χ3n) is 3.31. The molecule has 0 bridgehead atoms. The van der Waals surface area contributed by atoms with Gasteiger partial charge >= 0.3 is 5.97 Å². The lowest BCUT2D eigenvalue weighted by atomic mass is 9.95. The SMILES string of the molecule is C[C@H](OC(=O)[C@H]1CC=CCC1)C(=O)Nc1ncc(Cl)cc1Cl. The Labute approximate surface area is 138 Å². The Morgan fingerprint density at radius 2 is 2.18 bits per heavy atom. The van der Waals surface area contributed by atoms with Gasteiger partial charge in [-0.15, -0.1) is 0 Å². The second kappa shape index (κ2) is 7.61. The number of ether oxygens (including phenoxy) is 1. The van der Waals surface area contributed by atoms with Crippen molar-refractivity contribution in [1.82, 2.24) is 4.98 Å². The Hall–Kier alpha value is -1.59. The third-order valence-corrected chi connectivity index (χ3v) is 3.81. The van der Waals surface area contributed by atoms with Gasteiger partial charge in [-0.3, -0.25) is 9.59 Å². The van der Waals surface area contributed by atoms with Crippen LogP contribution >= 0.6 is 23.2 Å². The van der Waals surface area contributed by atoms with Gasteiger partial charge in [0.25, 0.3) is 5.91 Å². The first kappa shape index (κ1) is 16.8. The number of pyridine rings is 1. The zero-order valence-electron chi connectivity index (χ0n) is 12.0. The van der Waals surface area contributed by atoms with Crippen LogP contribution in [-0.2, 0) is 14.3 Å². The molecule has 22 heavy (non-hydrogen) atoms. The molecule has 1 aromatic heterocycles. The molecule has 1 aromatic rings. The van der Waals surface area contributed by atoms with Crippen LogP contribution in [0, 0.1) is 5.92 Å². The van der Waals surface area contributed by atoms with E-state index in [1.54, 1.807) is 0 Å². The first-order valence-electron chi connectivity index (χ1n) is 6.94. The van der Waals surface area contributed by atoms with E-state index in [-0.39, 0.29) is 22.7 Å². The standard InChI is InChI=1S/C15H16Cl2N2O3/c1-9(22-15(21)10-5-3-2-4-6-10)14(20)19-13-12(17)7-11(16)8-18-13/h2-3,7-10H,4-6H2,1H3,(H,18,19,20)/t9-,10-/m0/s1. The number of hydrogen-bond acceptors (Lipinski definition) is 4. The van der Waals surface area contributed by atoms with Crippen molar-refractivity contribution in [2.75, 3.05) is 5.32 Å². The molecule has 118 valence electrons. The Kier molecular flexibility index (Phi) is 5.80. The van der Waals surface area contributed by atoms with Gasteiger partial charge in [-0.2, -0.15) is 0 Å². The van der Waals surface area contributed by atoms with Crippen molar-refractivity contribution in [2.24, 2.45) is 5.92 Å². The summed E-state index contributed by atoms with van der Waals surface area (Å²) in [6, 6.07) is 1.47. The average Bonchev–Trinajstić information content (AvgIpc) is 2.50. The molecule has 2 atom stereocenters. The van der Waals surface area contributed by atoms with Crippen molar-refractivity contribution in [1.29, 1.82) is 0 Å². The highest BCUT2D eigenvalue weighted by molar-refractivity contribution is 6.36. The van der Waals surface area contributed by atoms with Gasteiger partial charge in [0, 0.05) is 6.20 Å². The fourth-order valence-electron chi connectivity index (χ4n) is 2.06. The van der Waals surface area contributed by atoms with E-state index in [2.05, 4.69) is 10.3 Å². The minimum Gasteiger partial charge on any atom is -0.452 e. The molecule has 1 amide bonds. The van der Waals surface area contributed by atoms with Gasteiger partial charge in [0.1, 0.15) is 0 Å². The molecule has 0 aliphatic heterocycles. The monoisotopic (exact) mass is 342 g/mol. The Morgan fingerprint density at radius 3 is 2.82 bits per heavy atom. The molecular weight excluding hydrogens is 327 g/mol. The fraction of sp³-hybridized carbons (Fsp3) is 0.400. The summed E-state index contributed by atoms with van der Waals surface area (Å²) in [5, 5.41) is 3.10. The molecule has 0 aromatic carbocycles. The van der Waals surface area contributed by atoms with Crippen molar-refractivity contribution in [3.8, 4) is 0 Å². The van der Waals surface area contributed by atoms with Crippen LogP contribution in [0.15, 0.2) is 24.4 Å². The highest BCUT2D eigenvalue weighted by Crippen LogP contribution is 2.23. The highest BCUT2D eigenvalue weighted by Gasteiger charge is 2.25. The van der Waals surface area contributed by atoms with Crippen LogP contribution in [0.5, 0.6) is 0 Å². The van der Waals surface area contributed by atoms with E-state index >= 15 is 0 Å². The van der Waals surface area contributed by atoms with Crippen LogP contribution in [0.25, 0.3) is 0 Å². The van der Waals surface area contributed by atoms with E-state index in [9.17, 15) is 9.59 Å². The minimum absolute atomic E-state index is 0.180. The molecule has 0 saturated heterocycles. The third kappa shape index (κ3) is 4.45. The van der Waals surface area contributed by atoms with Gasteiger partial charge in [0.05, 0.1) is 16.0 Å². The molecule has 0 radical (unpaired) electrons. The number of hydrogen-bond donors (Lipinski definition) is 1. The van der Waals surface area contributed by atoms with Gasteiger partial charge in [-0.1, -0.05) is 35.4 Å². The van der Waals surface area contributed by atoms with Crippen LogP contribution in [-0.4, -0.2) is 23.0 Å². The number of aromatic nitrogens is 1. The van der Waals surface area contributed by atoms with Crippen molar-refractivity contribution in [2.45, 2.75) is 32.3 Å². The molecule has 0 fully saturated rings. The van der Waals surface area contributed by atoms with Crippen LogP contribution in [0.1, 0.15) is 26.2 Å². The number of halogens is 2. The lowest BCUT2D eigenvalue weighted by Crippen LogP contribution is -2.32. The summed E-state index contributed by atoms with van der Waals surface area (Å²) in [6.07, 6.45) is 6.68. The van der Waals surface area contributed by atoms with Crippen molar-refractivity contribution >= 4 is 40.9 Å². The summed E-state index contributed by atoms with van der Waals surface area (Å²) in [5.74, 6) is -0.851. The second-order valence-electron chi connectivity index (χ2n) is 5.03. The molecule has 0 unspecified atom stereocenters. The maximum absolute atomic E-state index is 12.0. The first-order chi connectivity index (χ1) is 10.5. The zero-order chi connectivity index (χ0) is 16.1. The highest BCUT2D eigenvalue weighted by atomic mass is 35.5. The fourth-order valence-corrected chi connectivity index (χ4v) is 2.48. The number of nitrogens with one attached hydrogen (secondary N) is 1. The largest absolute Gasteiger partial charge is 0.452 e. The predicted octanol–water partition coefficient (Wildman–Crippen LogP) is 3.61. The molecule has 2 rings (SSSR count). The van der Waals surface area contributed by atoms with Gasteiger partial charge < -0.3 is 10.1 Å². The van der Waals surface area contributed by atoms with E-state index in [1.165, 1.54) is 19.2 Å². The molecule has 5 nitrogen and oxygen atoms in total. The van der Waals surface area contributed by atoms with Crippen LogP contribution < -0.4 is 5.32 Å². The molecule has 0 saturated carbocycles. The number of anilines is 1. The van der Waals surface area contributed by atoms with Crippen molar-refractivity contribution in [3.05, 3.63) is 34.5 Å².